The van der Waals surface area contributed by atoms with Gasteiger partial charge in [0.25, 0.3) is 0 Å². The first kappa shape index (κ1) is 23.4. The number of phenolic OH excluding ortho intramolecular Hbond substituents is 1. The van der Waals surface area contributed by atoms with Crippen LogP contribution in [0.2, 0.25) is 0 Å². The fraction of sp³-hybridized carbons (Fsp3) is 0.348. The van der Waals surface area contributed by atoms with Crippen molar-refractivity contribution >= 4 is 12.0 Å². The number of hydrogen-bond donors (Lipinski definition) is 4. The molecule has 2 rings (SSSR count). The maximum Gasteiger partial charge on any atom is 0.305 e. The minimum Gasteiger partial charge on any atom is -0.504 e. The van der Waals surface area contributed by atoms with Gasteiger partial charge in [0.05, 0.1) is 25.7 Å². The Kier molecular flexibility index (Phi) is 7.97. The molecular weight excluding hydrogens is 391 g/mol. The molecule has 2 unspecified atom stereocenters. The number of aliphatic carboxylic acids is 1. The van der Waals surface area contributed by atoms with E-state index in [1.807, 2.05) is 13.8 Å². The number of phenols is 1. The van der Waals surface area contributed by atoms with Crippen LogP contribution in [-0.2, 0) is 4.79 Å². The molecule has 0 saturated carbocycles. The van der Waals surface area contributed by atoms with Gasteiger partial charge >= 0.3 is 5.97 Å². The van der Waals surface area contributed by atoms with Crippen LogP contribution in [0.15, 0.2) is 36.4 Å². The van der Waals surface area contributed by atoms with E-state index in [0.717, 1.165) is 5.56 Å². The molecule has 0 aliphatic rings. The number of methoxy groups -OCH3 is 1. The summed E-state index contributed by atoms with van der Waals surface area (Å²) in [6.45, 7) is 3.93. The summed E-state index contributed by atoms with van der Waals surface area (Å²) in [5, 5.41) is 39.5. The van der Waals surface area contributed by atoms with Crippen molar-refractivity contribution in [2.45, 2.75) is 44.8 Å². The van der Waals surface area contributed by atoms with E-state index in [9.17, 15) is 24.5 Å². The molecule has 0 aliphatic heterocycles. The number of carboxylic acid groups (broad SMARTS) is 1. The van der Waals surface area contributed by atoms with Crippen molar-refractivity contribution in [3.63, 3.8) is 0 Å². The van der Waals surface area contributed by atoms with Gasteiger partial charge in [-0.2, -0.15) is 0 Å². The van der Waals surface area contributed by atoms with Crippen LogP contribution < -0.4 is 4.74 Å². The van der Waals surface area contributed by atoms with Gasteiger partial charge in [-0.25, -0.2) is 4.39 Å². The summed E-state index contributed by atoms with van der Waals surface area (Å²) < 4.78 is 18.7. The Labute approximate surface area is 174 Å². The van der Waals surface area contributed by atoms with Crippen molar-refractivity contribution < 1.29 is 34.3 Å². The van der Waals surface area contributed by atoms with E-state index >= 15 is 0 Å². The SMILES string of the molecule is COc1cc(C(C)C)c(C=CC(O)CC(O)CC(=O)O)c(-c2ccc(F)cc2)c1O. The molecule has 6 nitrogen and oxygen atoms in total. The molecule has 0 aliphatic carbocycles. The summed E-state index contributed by atoms with van der Waals surface area (Å²) in [6.07, 6.45) is 0.161. The topological polar surface area (TPSA) is 107 Å². The molecule has 0 heterocycles. The summed E-state index contributed by atoms with van der Waals surface area (Å²) in [7, 11) is 1.44. The highest BCUT2D eigenvalue weighted by molar-refractivity contribution is 5.84. The van der Waals surface area contributed by atoms with Crippen molar-refractivity contribution in [3.05, 3.63) is 53.4 Å². The first-order valence-electron chi connectivity index (χ1n) is 9.59. The zero-order valence-electron chi connectivity index (χ0n) is 17.2. The first-order valence-corrected chi connectivity index (χ1v) is 9.59. The molecule has 2 aromatic rings. The van der Waals surface area contributed by atoms with Crippen LogP contribution in [0.1, 0.15) is 43.7 Å². The van der Waals surface area contributed by atoms with Gasteiger partial charge in [0.2, 0.25) is 0 Å². The number of benzene rings is 2. The summed E-state index contributed by atoms with van der Waals surface area (Å²) in [5.41, 5.74) is 2.43. The van der Waals surface area contributed by atoms with Gasteiger partial charge in [0, 0.05) is 12.0 Å². The molecule has 30 heavy (non-hydrogen) atoms. The molecule has 2 atom stereocenters. The second-order valence-electron chi connectivity index (χ2n) is 7.38. The van der Waals surface area contributed by atoms with Gasteiger partial charge in [-0.15, -0.1) is 0 Å². The normalized spacial score (nSPS) is 13.6. The van der Waals surface area contributed by atoms with Crippen LogP contribution in [0.3, 0.4) is 0 Å². The molecule has 0 radical (unpaired) electrons. The molecule has 7 heteroatoms. The lowest BCUT2D eigenvalue weighted by atomic mass is 9.88. The largest absolute Gasteiger partial charge is 0.504 e. The van der Waals surface area contributed by atoms with Crippen molar-refractivity contribution in [1.82, 2.24) is 0 Å². The highest BCUT2D eigenvalue weighted by Crippen LogP contribution is 2.44. The van der Waals surface area contributed by atoms with Crippen LogP contribution in [0, 0.1) is 5.82 Å². The van der Waals surface area contributed by atoms with E-state index in [1.54, 1.807) is 12.1 Å². The van der Waals surface area contributed by atoms with E-state index in [2.05, 4.69) is 0 Å². The van der Waals surface area contributed by atoms with Crippen LogP contribution in [0.5, 0.6) is 11.5 Å². The van der Waals surface area contributed by atoms with Crippen LogP contribution >= 0.6 is 0 Å². The minimum atomic E-state index is -1.19. The molecule has 0 aromatic heterocycles. The summed E-state index contributed by atoms with van der Waals surface area (Å²) >= 11 is 0. The average molecular weight is 418 g/mol. The highest BCUT2D eigenvalue weighted by atomic mass is 19.1. The second-order valence-corrected chi connectivity index (χ2v) is 7.38. The third kappa shape index (κ3) is 5.81. The Bertz CT molecular complexity index is 905. The average Bonchev–Trinajstić information content (AvgIpc) is 2.66. The minimum absolute atomic E-state index is 0.0353. The molecule has 2 aromatic carbocycles. The lowest BCUT2D eigenvalue weighted by Crippen LogP contribution is -2.19. The molecule has 0 bridgehead atoms. The predicted octanol–water partition coefficient (Wildman–Crippen LogP) is 3.93. The molecule has 4 N–H and O–H groups in total. The number of aromatic hydroxyl groups is 1. The number of carbonyl (C=O) groups is 1. The monoisotopic (exact) mass is 418 g/mol. The van der Waals surface area contributed by atoms with Gasteiger partial charge in [-0.05, 0) is 40.8 Å². The molecule has 0 spiro atoms. The fourth-order valence-corrected chi connectivity index (χ4v) is 3.25. The molecule has 0 saturated heterocycles. The van der Waals surface area contributed by atoms with Crippen molar-refractivity contribution in [2.24, 2.45) is 0 Å². The Morgan fingerprint density at radius 1 is 1.20 bits per heavy atom. The zero-order chi connectivity index (χ0) is 22.4. The van der Waals surface area contributed by atoms with Gasteiger partial charge in [-0.3, -0.25) is 4.79 Å². The Hall–Kier alpha value is -2.90. The van der Waals surface area contributed by atoms with E-state index in [0.29, 0.717) is 16.7 Å². The number of aliphatic hydroxyl groups is 2. The number of hydrogen-bond acceptors (Lipinski definition) is 5. The fourth-order valence-electron chi connectivity index (χ4n) is 3.25. The Morgan fingerprint density at radius 3 is 2.37 bits per heavy atom. The van der Waals surface area contributed by atoms with Gasteiger partial charge in [0.15, 0.2) is 11.5 Å². The van der Waals surface area contributed by atoms with E-state index in [1.165, 1.54) is 37.5 Å². The lowest BCUT2D eigenvalue weighted by molar-refractivity contribution is -0.139. The maximum absolute atomic E-state index is 13.4. The highest BCUT2D eigenvalue weighted by Gasteiger charge is 2.21. The standard InChI is InChI=1S/C23H27FO6/c1-13(2)19-12-20(30-3)23(29)22(14-4-6-15(24)7-5-14)18(19)9-8-16(25)10-17(26)11-21(27)28/h4-9,12-13,16-17,25-26,29H,10-11H2,1-3H3,(H,27,28). The van der Waals surface area contributed by atoms with Gasteiger partial charge < -0.3 is 25.2 Å². The van der Waals surface area contributed by atoms with Crippen LogP contribution in [-0.4, -0.2) is 45.7 Å². The summed E-state index contributed by atoms with van der Waals surface area (Å²) in [4.78, 5) is 10.7. The van der Waals surface area contributed by atoms with Crippen molar-refractivity contribution in [1.29, 1.82) is 0 Å². The number of rotatable bonds is 9. The smallest absolute Gasteiger partial charge is 0.305 e. The number of carboxylic acids is 1. The summed E-state index contributed by atoms with van der Waals surface area (Å²) in [6, 6.07) is 7.36. The first-order chi connectivity index (χ1) is 14.1. The molecular formula is C23H27FO6. The van der Waals surface area contributed by atoms with Gasteiger partial charge in [-0.1, -0.05) is 38.1 Å². The van der Waals surface area contributed by atoms with Crippen LogP contribution in [0.25, 0.3) is 17.2 Å². The molecule has 0 fully saturated rings. The Balaban J connectivity index is 2.54. The van der Waals surface area contributed by atoms with E-state index in [4.69, 9.17) is 9.84 Å². The van der Waals surface area contributed by atoms with Crippen molar-refractivity contribution in [3.8, 4) is 22.6 Å². The number of ether oxygens (including phenoxy) is 1. The number of halogens is 1. The van der Waals surface area contributed by atoms with Crippen LogP contribution in [0.4, 0.5) is 4.39 Å². The zero-order valence-corrected chi connectivity index (χ0v) is 17.2. The van der Waals surface area contributed by atoms with E-state index < -0.39 is 30.4 Å². The Morgan fingerprint density at radius 2 is 1.83 bits per heavy atom. The lowest BCUT2D eigenvalue weighted by Gasteiger charge is -2.20. The maximum atomic E-state index is 13.4. The van der Waals surface area contributed by atoms with Crippen molar-refractivity contribution in [2.75, 3.05) is 7.11 Å². The quantitative estimate of drug-likeness (QED) is 0.492. The second kappa shape index (κ2) is 10.2. The molecule has 162 valence electrons. The molecule has 0 amide bonds. The summed E-state index contributed by atoms with van der Waals surface area (Å²) in [5.74, 6) is -1.38. The third-order valence-corrected chi connectivity index (χ3v) is 4.72. The van der Waals surface area contributed by atoms with Gasteiger partial charge in [0.1, 0.15) is 5.82 Å². The third-order valence-electron chi connectivity index (χ3n) is 4.72. The van der Waals surface area contributed by atoms with E-state index in [-0.39, 0.29) is 23.8 Å². The number of aliphatic hydroxyl groups excluding tert-OH is 2. The predicted molar refractivity (Wildman–Crippen MR) is 112 cm³/mol.